The quantitative estimate of drug-likeness (QED) is 0.333. The average Bonchev–Trinajstić information content (AvgIpc) is 2.86. The zero-order chi connectivity index (χ0) is 28.0. The summed E-state index contributed by atoms with van der Waals surface area (Å²) in [5.74, 6) is -0.376. The number of hydrogen-bond donors (Lipinski definition) is 3. The molecule has 0 spiro atoms. The Morgan fingerprint density at radius 1 is 0.947 bits per heavy atom. The van der Waals surface area contributed by atoms with Crippen molar-refractivity contribution in [1.29, 1.82) is 0 Å². The summed E-state index contributed by atoms with van der Waals surface area (Å²) in [6.45, 7) is 9.04. The van der Waals surface area contributed by atoms with Gasteiger partial charge in [-0.25, -0.2) is 8.42 Å². The second-order valence-electron chi connectivity index (χ2n) is 10.1. The number of benzene rings is 3. The van der Waals surface area contributed by atoms with Gasteiger partial charge in [0, 0.05) is 23.7 Å². The molecule has 0 aromatic heterocycles. The Kier molecular flexibility index (Phi) is 9.71. The number of phenolic OH excluding ortho intramolecular Hbond substituents is 1. The van der Waals surface area contributed by atoms with Crippen LogP contribution in [0.25, 0.3) is 0 Å². The Morgan fingerprint density at radius 3 is 2.18 bits per heavy atom. The van der Waals surface area contributed by atoms with Crippen molar-refractivity contribution >= 4 is 15.9 Å². The lowest BCUT2D eigenvalue weighted by molar-refractivity contribution is 0.0794. The first-order valence-electron chi connectivity index (χ1n) is 12.8. The average molecular weight is 539 g/mol. The van der Waals surface area contributed by atoms with Crippen molar-refractivity contribution in [2.24, 2.45) is 0 Å². The van der Waals surface area contributed by atoms with Gasteiger partial charge >= 0.3 is 0 Å². The van der Waals surface area contributed by atoms with Gasteiger partial charge in [-0.1, -0.05) is 48.0 Å². The Labute approximate surface area is 226 Å². The normalized spacial score (nSPS) is 13.5. The van der Waals surface area contributed by atoms with Gasteiger partial charge in [-0.2, -0.15) is 4.31 Å². The van der Waals surface area contributed by atoms with E-state index < -0.39 is 28.1 Å². The summed E-state index contributed by atoms with van der Waals surface area (Å²) in [6, 6.07) is 18.5. The molecule has 0 heterocycles. The molecule has 1 amide bonds. The number of phenols is 1. The number of carbonyl (C=O) groups excluding carboxylic acids is 1. The number of aliphatic hydroxyl groups excluding tert-OH is 1. The molecule has 0 radical (unpaired) electrons. The summed E-state index contributed by atoms with van der Waals surface area (Å²) in [5, 5.41) is 24.4. The molecule has 8 heteroatoms. The number of carbonyl (C=O) groups is 1. The molecule has 0 unspecified atom stereocenters. The van der Waals surface area contributed by atoms with Gasteiger partial charge in [0.15, 0.2) is 0 Å². The molecule has 2 atom stereocenters. The van der Waals surface area contributed by atoms with E-state index in [0.29, 0.717) is 17.5 Å². The van der Waals surface area contributed by atoms with Crippen molar-refractivity contribution in [1.82, 2.24) is 9.62 Å². The van der Waals surface area contributed by atoms with Crippen molar-refractivity contribution in [2.45, 2.75) is 70.5 Å². The molecule has 204 valence electrons. The van der Waals surface area contributed by atoms with E-state index in [1.165, 1.54) is 4.31 Å². The Balaban J connectivity index is 1.83. The molecule has 7 nitrogen and oxygen atoms in total. The molecule has 3 rings (SSSR count). The summed E-state index contributed by atoms with van der Waals surface area (Å²) in [7, 11) is -3.77. The number of sulfonamides is 1. The largest absolute Gasteiger partial charge is 0.508 e. The van der Waals surface area contributed by atoms with Crippen LogP contribution in [0, 0.1) is 20.8 Å². The molecular formula is C30H38N2O5S. The molecule has 0 saturated heterocycles. The first-order valence-corrected chi connectivity index (χ1v) is 14.3. The molecule has 3 N–H and O–H groups in total. The molecule has 0 bridgehead atoms. The number of aliphatic hydroxyl groups is 1. The highest BCUT2D eigenvalue weighted by Crippen LogP contribution is 2.24. The van der Waals surface area contributed by atoms with Gasteiger partial charge in [0.05, 0.1) is 17.0 Å². The molecule has 38 heavy (non-hydrogen) atoms. The highest BCUT2D eigenvalue weighted by molar-refractivity contribution is 7.89. The fraction of sp³-hybridized carbons (Fsp3) is 0.367. The van der Waals surface area contributed by atoms with Crippen LogP contribution < -0.4 is 5.32 Å². The lowest BCUT2D eigenvalue weighted by Gasteiger charge is -2.30. The highest BCUT2D eigenvalue weighted by Gasteiger charge is 2.30. The molecule has 0 aliphatic heterocycles. The number of aryl methyl sites for hydroxylation is 2. The van der Waals surface area contributed by atoms with Gasteiger partial charge in [-0.3, -0.25) is 4.79 Å². The van der Waals surface area contributed by atoms with E-state index in [0.717, 1.165) is 16.7 Å². The second-order valence-corrected chi connectivity index (χ2v) is 12.0. The fourth-order valence-electron chi connectivity index (χ4n) is 4.43. The van der Waals surface area contributed by atoms with Crippen LogP contribution in [0.15, 0.2) is 71.6 Å². The van der Waals surface area contributed by atoms with Gasteiger partial charge in [-0.05, 0) is 82.9 Å². The van der Waals surface area contributed by atoms with Crippen LogP contribution in [0.2, 0.25) is 0 Å². The van der Waals surface area contributed by atoms with Crippen LogP contribution in [-0.2, 0) is 16.4 Å². The van der Waals surface area contributed by atoms with Crippen molar-refractivity contribution < 1.29 is 23.4 Å². The van der Waals surface area contributed by atoms with E-state index in [1.807, 2.05) is 37.3 Å². The zero-order valence-electron chi connectivity index (χ0n) is 22.7. The van der Waals surface area contributed by atoms with E-state index in [-0.39, 0.29) is 29.7 Å². The van der Waals surface area contributed by atoms with E-state index in [4.69, 9.17) is 0 Å². The smallest absolute Gasteiger partial charge is 0.252 e. The minimum absolute atomic E-state index is 0.0317. The van der Waals surface area contributed by atoms with E-state index >= 15 is 0 Å². The van der Waals surface area contributed by atoms with E-state index in [1.54, 1.807) is 64.1 Å². The summed E-state index contributed by atoms with van der Waals surface area (Å²) in [4.78, 5) is 13.5. The molecule has 0 aliphatic carbocycles. The van der Waals surface area contributed by atoms with Gasteiger partial charge in [0.25, 0.3) is 5.91 Å². The highest BCUT2D eigenvalue weighted by atomic mass is 32.2. The Hall–Kier alpha value is -3.20. The zero-order valence-corrected chi connectivity index (χ0v) is 23.5. The van der Waals surface area contributed by atoms with Crippen LogP contribution in [0.5, 0.6) is 5.75 Å². The Morgan fingerprint density at radius 2 is 1.58 bits per heavy atom. The van der Waals surface area contributed by atoms with Crippen LogP contribution in [0.3, 0.4) is 0 Å². The third-order valence-corrected chi connectivity index (χ3v) is 8.79. The predicted octanol–water partition coefficient (Wildman–Crippen LogP) is 4.51. The van der Waals surface area contributed by atoms with Gasteiger partial charge in [0.2, 0.25) is 10.0 Å². The van der Waals surface area contributed by atoms with Gasteiger partial charge in [-0.15, -0.1) is 0 Å². The third kappa shape index (κ3) is 7.22. The standard InChI is InChI=1S/C30H38N2O5S/c1-20(2)32(38(36,37)25-13-11-21(3)12-14-25)16-15-28(33)27(19-24-9-7-6-8-10-24)31-30(35)26-17-22(4)18-29(34)23(26)5/h6-14,17-18,20,27-28,33-34H,15-16,19H2,1-5H3,(H,31,35)/t27-,28+/m0/s1. The second kappa shape index (κ2) is 12.6. The topological polar surface area (TPSA) is 107 Å². The van der Waals surface area contributed by atoms with Crippen LogP contribution in [0.4, 0.5) is 0 Å². The van der Waals surface area contributed by atoms with Crippen LogP contribution in [0.1, 0.15) is 52.9 Å². The van der Waals surface area contributed by atoms with Crippen LogP contribution in [-0.4, -0.2) is 53.6 Å². The van der Waals surface area contributed by atoms with E-state index in [9.17, 15) is 23.4 Å². The molecule has 0 aliphatic rings. The van der Waals surface area contributed by atoms with Crippen molar-refractivity contribution in [3.8, 4) is 5.75 Å². The van der Waals surface area contributed by atoms with Gasteiger partial charge < -0.3 is 15.5 Å². The first kappa shape index (κ1) is 29.4. The molecular weight excluding hydrogens is 500 g/mol. The number of rotatable bonds is 11. The minimum Gasteiger partial charge on any atom is -0.508 e. The maximum absolute atomic E-state index is 13.4. The summed E-state index contributed by atoms with van der Waals surface area (Å²) in [5.41, 5.74) is 3.42. The summed E-state index contributed by atoms with van der Waals surface area (Å²) in [6.07, 6.45) is -0.539. The number of nitrogens with zero attached hydrogens (tertiary/aromatic N) is 1. The maximum Gasteiger partial charge on any atom is 0.252 e. The van der Waals surface area contributed by atoms with Crippen molar-refractivity contribution in [3.05, 3.63) is 94.5 Å². The monoisotopic (exact) mass is 538 g/mol. The van der Waals surface area contributed by atoms with Crippen LogP contribution >= 0.6 is 0 Å². The summed E-state index contributed by atoms with van der Waals surface area (Å²) >= 11 is 0. The summed E-state index contributed by atoms with van der Waals surface area (Å²) < 4.78 is 28.1. The molecule has 0 saturated carbocycles. The minimum atomic E-state index is -3.77. The number of hydrogen-bond acceptors (Lipinski definition) is 5. The fourth-order valence-corrected chi connectivity index (χ4v) is 6.09. The van der Waals surface area contributed by atoms with Crippen molar-refractivity contribution in [2.75, 3.05) is 6.54 Å². The molecule has 3 aromatic rings. The molecule has 0 fully saturated rings. The SMILES string of the molecule is Cc1ccc(S(=O)(=O)N(CC[C@@H](O)[C@H](Cc2ccccc2)NC(=O)c2cc(C)cc(O)c2C)C(C)C)cc1. The van der Waals surface area contributed by atoms with Gasteiger partial charge in [0.1, 0.15) is 5.75 Å². The lowest BCUT2D eigenvalue weighted by atomic mass is 9.97. The number of nitrogens with one attached hydrogen (secondary N) is 1. The first-order chi connectivity index (χ1) is 17.9. The predicted molar refractivity (Wildman–Crippen MR) is 150 cm³/mol. The maximum atomic E-state index is 13.4. The number of aromatic hydroxyl groups is 1. The third-order valence-electron chi connectivity index (χ3n) is 6.70. The number of amides is 1. The molecule has 3 aromatic carbocycles. The Bertz CT molecular complexity index is 1340. The lowest BCUT2D eigenvalue weighted by Crippen LogP contribution is -2.47. The van der Waals surface area contributed by atoms with Crippen molar-refractivity contribution in [3.63, 3.8) is 0 Å². The van der Waals surface area contributed by atoms with E-state index in [2.05, 4.69) is 5.32 Å².